The standard InChI is InChI=1S/C26H22O5/c1-2-24(28)29-16-20(27)17-30-26-22-13-7-6-9-18(22)15-19-10-8-14-23(25(19)26)31-21-11-4-3-5-12-21/h2-15,20,27H,1,16-17H2. The molecule has 0 spiro atoms. The monoisotopic (exact) mass is 414 g/mol. The second-order valence-corrected chi connectivity index (χ2v) is 7.00. The van der Waals surface area contributed by atoms with Crippen molar-refractivity contribution in [3.63, 3.8) is 0 Å². The average molecular weight is 414 g/mol. The summed E-state index contributed by atoms with van der Waals surface area (Å²) in [6.45, 7) is 3.12. The van der Waals surface area contributed by atoms with Gasteiger partial charge in [0.25, 0.3) is 0 Å². The highest BCUT2D eigenvalue weighted by Crippen LogP contribution is 2.41. The minimum absolute atomic E-state index is 0.0484. The van der Waals surface area contributed by atoms with Gasteiger partial charge < -0.3 is 19.3 Å². The molecule has 0 bridgehead atoms. The zero-order chi connectivity index (χ0) is 21.6. The lowest BCUT2D eigenvalue weighted by Crippen LogP contribution is -2.24. The lowest BCUT2D eigenvalue weighted by Gasteiger charge is -2.18. The number of esters is 1. The van der Waals surface area contributed by atoms with Gasteiger partial charge in [-0.05, 0) is 35.0 Å². The van der Waals surface area contributed by atoms with Crippen LogP contribution in [0, 0.1) is 0 Å². The third kappa shape index (κ3) is 4.68. The number of ether oxygens (including phenoxy) is 3. The fraction of sp³-hybridized carbons (Fsp3) is 0.115. The van der Waals surface area contributed by atoms with Crippen LogP contribution >= 0.6 is 0 Å². The van der Waals surface area contributed by atoms with Gasteiger partial charge in [0.2, 0.25) is 0 Å². The lowest BCUT2D eigenvalue weighted by molar-refractivity contribution is -0.141. The first-order chi connectivity index (χ1) is 15.2. The van der Waals surface area contributed by atoms with Crippen LogP contribution in [0.25, 0.3) is 21.5 Å². The molecule has 31 heavy (non-hydrogen) atoms. The normalized spacial score (nSPS) is 11.8. The summed E-state index contributed by atoms with van der Waals surface area (Å²) in [5.74, 6) is 1.38. The molecular formula is C26H22O5. The average Bonchev–Trinajstić information content (AvgIpc) is 2.81. The van der Waals surface area contributed by atoms with Gasteiger partial charge in [-0.1, -0.05) is 61.2 Å². The van der Waals surface area contributed by atoms with Gasteiger partial charge in [0.05, 0.1) is 5.39 Å². The van der Waals surface area contributed by atoms with Crippen LogP contribution in [0.4, 0.5) is 0 Å². The van der Waals surface area contributed by atoms with Gasteiger partial charge in [-0.25, -0.2) is 4.79 Å². The van der Waals surface area contributed by atoms with Gasteiger partial charge in [0, 0.05) is 11.5 Å². The zero-order valence-corrected chi connectivity index (χ0v) is 16.9. The van der Waals surface area contributed by atoms with Gasteiger partial charge in [0.15, 0.2) is 0 Å². The molecule has 5 heteroatoms. The van der Waals surface area contributed by atoms with Crippen LogP contribution in [0.1, 0.15) is 0 Å². The Hall–Kier alpha value is -3.83. The van der Waals surface area contributed by atoms with Crippen molar-refractivity contribution in [2.45, 2.75) is 6.10 Å². The zero-order valence-electron chi connectivity index (χ0n) is 16.9. The second-order valence-electron chi connectivity index (χ2n) is 7.00. The smallest absolute Gasteiger partial charge is 0.330 e. The Morgan fingerprint density at radius 3 is 2.48 bits per heavy atom. The van der Waals surface area contributed by atoms with Crippen LogP contribution in [-0.2, 0) is 9.53 Å². The molecule has 0 aliphatic heterocycles. The third-order valence-corrected chi connectivity index (χ3v) is 4.78. The minimum Gasteiger partial charge on any atom is -0.489 e. The van der Waals surface area contributed by atoms with Gasteiger partial charge in [-0.3, -0.25) is 0 Å². The first-order valence-electron chi connectivity index (χ1n) is 9.93. The maximum absolute atomic E-state index is 11.2. The van der Waals surface area contributed by atoms with E-state index < -0.39 is 12.1 Å². The molecule has 0 heterocycles. The molecule has 0 aromatic heterocycles. The third-order valence-electron chi connectivity index (χ3n) is 4.78. The van der Waals surface area contributed by atoms with Crippen LogP contribution in [0.3, 0.4) is 0 Å². The van der Waals surface area contributed by atoms with Crippen LogP contribution in [0.5, 0.6) is 17.2 Å². The molecule has 0 saturated carbocycles. The number of aliphatic hydroxyl groups is 1. The first kappa shape index (κ1) is 20.4. The summed E-state index contributed by atoms with van der Waals surface area (Å²) in [5.41, 5.74) is 0. The number of carbonyl (C=O) groups excluding carboxylic acids is 1. The van der Waals surface area contributed by atoms with Gasteiger partial charge >= 0.3 is 5.97 Å². The summed E-state index contributed by atoms with van der Waals surface area (Å²) in [6.07, 6.45) is 0.0686. The molecule has 0 aliphatic carbocycles. The fourth-order valence-electron chi connectivity index (χ4n) is 3.36. The highest BCUT2D eigenvalue weighted by Gasteiger charge is 2.16. The van der Waals surface area contributed by atoms with E-state index in [0.29, 0.717) is 17.2 Å². The summed E-state index contributed by atoms with van der Waals surface area (Å²) in [7, 11) is 0. The Morgan fingerprint density at radius 2 is 1.68 bits per heavy atom. The second kappa shape index (κ2) is 9.32. The maximum atomic E-state index is 11.2. The molecular weight excluding hydrogens is 392 g/mol. The van der Waals surface area contributed by atoms with E-state index in [9.17, 15) is 9.90 Å². The van der Waals surface area contributed by atoms with E-state index in [4.69, 9.17) is 14.2 Å². The molecule has 1 unspecified atom stereocenters. The predicted octanol–water partition coefficient (Wildman–Crippen LogP) is 5.25. The van der Waals surface area contributed by atoms with Gasteiger partial charge in [-0.15, -0.1) is 0 Å². The van der Waals surface area contributed by atoms with Crippen molar-refractivity contribution in [3.05, 3.63) is 91.5 Å². The quantitative estimate of drug-likeness (QED) is 0.242. The molecule has 0 saturated heterocycles. The highest BCUT2D eigenvalue weighted by atomic mass is 16.5. The molecule has 4 aromatic rings. The largest absolute Gasteiger partial charge is 0.489 e. The number of hydrogen-bond acceptors (Lipinski definition) is 5. The molecule has 4 aromatic carbocycles. The number of hydrogen-bond donors (Lipinski definition) is 1. The van der Waals surface area contributed by atoms with Gasteiger partial charge in [-0.2, -0.15) is 0 Å². The Kier molecular flexibility index (Phi) is 6.15. The van der Waals surface area contributed by atoms with Crippen LogP contribution in [-0.4, -0.2) is 30.4 Å². The van der Waals surface area contributed by atoms with Crippen molar-refractivity contribution in [1.29, 1.82) is 0 Å². The van der Waals surface area contributed by atoms with E-state index in [1.165, 1.54) is 0 Å². The van der Waals surface area contributed by atoms with Crippen LogP contribution in [0.15, 0.2) is 91.5 Å². The van der Waals surface area contributed by atoms with E-state index in [2.05, 4.69) is 12.6 Å². The topological polar surface area (TPSA) is 65.0 Å². The predicted molar refractivity (Wildman–Crippen MR) is 121 cm³/mol. The summed E-state index contributed by atoms with van der Waals surface area (Å²) in [6, 6.07) is 25.3. The van der Waals surface area contributed by atoms with Crippen molar-refractivity contribution >= 4 is 27.5 Å². The van der Waals surface area contributed by atoms with Crippen LogP contribution in [0.2, 0.25) is 0 Å². The summed E-state index contributed by atoms with van der Waals surface area (Å²) in [5, 5.41) is 13.9. The number of fused-ring (bicyclic) bond motifs is 2. The van der Waals surface area contributed by atoms with E-state index in [-0.39, 0.29) is 13.2 Å². The molecule has 5 nitrogen and oxygen atoms in total. The maximum Gasteiger partial charge on any atom is 0.330 e. The van der Waals surface area contributed by atoms with E-state index in [1.807, 2.05) is 72.8 Å². The Balaban J connectivity index is 1.73. The molecule has 1 atom stereocenters. The van der Waals surface area contributed by atoms with E-state index >= 15 is 0 Å². The van der Waals surface area contributed by atoms with Crippen molar-refractivity contribution in [3.8, 4) is 17.2 Å². The van der Waals surface area contributed by atoms with Crippen LogP contribution < -0.4 is 9.47 Å². The SMILES string of the molecule is C=CC(=O)OCC(O)COc1c2ccccc2cc2cccc(Oc3ccccc3)c12. The molecule has 156 valence electrons. The first-order valence-corrected chi connectivity index (χ1v) is 9.93. The van der Waals surface area contributed by atoms with E-state index in [0.717, 1.165) is 27.6 Å². The highest BCUT2D eigenvalue weighted by molar-refractivity contribution is 6.07. The molecule has 0 radical (unpaired) electrons. The summed E-state index contributed by atoms with van der Waals surface area (Å²) in [4.78, 5) is 11.2. The van der Waals surface area contributed by atoms with Gasteiger partial charge in [0.1, 0.15) is 36.6 Å². The van der Waals surface area contributed by atoms with Crippen molar-refractivity contribution in [2.24, 2.45) is 0 Å². The summed E-state index contributed by atoms with van der Waals surface area (Å²) >= 11 is 0. The van der Waals surface area contributed by atoms with Crippen molar-refractivity contribution in [1.82, 2.24) is 0 Å². The number of rotatable bonds is 8. The molecule has 0 fully saturated rings. The number of benzene rings is 4. The van der Waals surface area contributed by atoms with E-state index in [1.54, 1.807) is 0 Å². The minimum atomic E-state index is -0.986. The fourth-order valence-corrected chi connectivity index (χ4v) is 3.36. The Bertz CT molecular complexity index is 1220. The lowest BCUT2D eigenvalue weighted by atomic mass is 10.0. The molecule has 1 N–H and O–H groups in total. The van der Waals surface area contributed by atoms with Crippen molar-refractivity contribution in [2.75, 3.05) is 13.2 Å². The number of aliphatic hydroxyl groups excluding tert-OH is 1. The molecule has 0 amide bonds. The molecule has 4 rings (SSSR count). The Morgan fingerprint density at radius 1 is 0.935 bits per heavy atom. The summed E-state index contributed by atoms with van der Waals surface area (Å²) < 4.78 is 17.2. The number of para-hydroxylation sites is 1. The Labute approximate surface area is 180 Å². The van der Waals surface area contributed by atoms with Crippen molar-refractivity contribution < 1.29 is 24.1 Å². The number of carbonyl (C=O) groups is 1. The molecule has 0 aliphatic rings.